The molecule has 22 heavy (non-hydrogen) atoms. The summed E-state index contributed by atoms with van der Waals surface area (Å²) >= 11 is 1.58. The number of hydrogen-bond acceptors (Lipinski definition) is 4. The van der Waals surface area contributed by atoms with Crippen LogP contribution in [0.5, 0.6) is 0 Å². The molecule has 0 radical (unpaired) electrons. The molecule has 2 N–H and O–H groups in total. The van der Waals surface area contributed by atoms with Crippen molar-refractivity contribution >= 4 is 42.1 Å². The van der Waals surface area contributed by atoms with Crippen molar-refractivity contribution in [3.63, 3.8) is 0 Å². The third kappa shape index (κ3) is 4.20. The lowest BCUT2D eigenvalue weighted by atomic mass is 9.95. The van der Waals surface area contributed by atoms with E-state index in [1.807, 2.05) is 24.6 Å². The van der Waals surface area contributed by atoms with E-state index in [0.717, 1.165) is 23.5 Å². The number of halogens is 2. The van der Waals surface area contributed by atoms with Gasteiger partial charge in [-0.05, 0) is 24.5 Å². The number of thiazole rings is 1. The van der Waals surface area contributed by atoms with E-state index in [1.165, 1.54) is 11.1 Å². The number of fused-ring (bicyclic) bond motifs is 1. The molecule has 0 aliphatic carbocycles. The fourth-order valence-corrected chi connectivity index (χ4v) is 3.14. The third-order valence-electron chi connectivity index (χ3n) is 3.67. The standard InChI is InChI=1S/C15H17N3OS.2ClH/c1-10-14(20-9-18-10)8-17-15(19)13-6-11-4-2-3-5-12(11)7-16-13;;/h2-5,9,13,16H,6-8H2,1H3,(H,17,19);2*1H. The molecule has 0 saturated heterocycles. The van der Waals surface area contributed by atoms with Gasteiger partial charge in [-0.25, -0.2) is 4.98 Å². The number of carbonyl (C=O) groups is 1. The first-order valence-corrected chi connectivity index (χ1v) is 7.59. The van der Waals surface area contributed by atoms with Gasteiger partial charge in [0.2, 0.25) is 5.91 Å². The second kappa shape index (κ2) is 8.48. The van der Waals surface area contributed by atoms with E-state index in [-0.39, 0.29) is 36.8 Å². The van der Waals surface area contributed by atoms with Crippen LogP contribution in [-0.4, -0.2) is 16.9 Å². The van der Waals surface area contributed by atoms with Crippen LogP contribution in [0.3, 0.4) is 0 Å². The van der Waals surface area contributed by atoms with Gasteiger partial charge in [0, 0.05) is 11.4 Å². The zero-order chi connectivity index (χ0) is 13.9. The van der Waals surface area contributed by atoms with Crippen LogP contribution in [0.4, 0.5) is 0 Å². The van der Waals surface area contributed by atoms with Crippen LogP contribution in [0.2, 0.25) is 0 Å². The first kappa shape index (κ1) is 18.9. The average molecular weight is 360 g/mol. The van der Waals surface area contributed by atoms with Crippen molar-refractivity contribution < 1.29 is 4.79 Å². The molecule has 7 heteroatoms. The first-order valence-electron chi connectivity index (χ1n) is 6.71. The Morgan fingerprint density at radius 1 is 1.36 bits per heavy atom. The number of aryl methyl sites for hydroxylation is 1. The zero-order valence-corrected chi connectivity index (χ0v) is 14.6. The fraction of sp³-hybridized carbons (Fsp3) is 0.333. The van der Waals surface area contributed by atoms with Gasteiger partial charge >= 0.3 is 0 Å². The fourth-order valence-electron chi connectivity index (χ4n) is 2.43. The van der Waals surface area contributed by atoms with Gasteiger partial charge in [0.1, 0.15) is 0 Å². The van der Waals surface area contributed by atoms with Crippen molar-refractivity contribution in [2.75, 3.05) is 0 Å². The highest BCUT2D eigenvalue weighted by Gasteiger charge is 2.23. The molecule has 1 atom stereocenters. The molecule has 120 valence electrons. The van der Waals surface area contributed by atoms with E-state index in [4.69, 9.17) is 0 Å². The second-order valence-electron chi connectivity index (χ2n) is 4.99. The summed E-state index contributed by atoms with van der Waals surface area (Å²) in [6.07, 6.45) is 0.754. The van der Waals surface area contributed by atoms with Crippen molar-refractivity contribution in [1.29, 1.82) is 0 Å². The normalized spacial score (nSPS) is 16.0. The molecular formula is C15H19Cl2N3OS. The molecule has 4 nitrogen and oxygen atoms in total. The van der Waals surface area contributed by atoms with Crippen LogP contribution in [0.1, 0.15) is 21.7 Å². The van der Waals surface area contributed by atoms with Crippen molar-refractivity contribution in [3.05, 3.63) is 51.5 Å². The number of rotatable bonds is 3. The van der Waals surface area contributed by atoms with Crippen LogP contribution in [0, 0.1) is 6.92 Å². The second-order valence-corrected chi connectivity index (χ2v) is 5.92. The Hall–Kier alpha value is -1.14. The zero-order valence-electron chi connectivity index (χ0n) is 12.2. The number of aromatic nitrogens is 1. The predicted molar refractivity (Wildman–Crippen MR) is 94.0 cm³/mol. The lowest BCUT2D eigenvalue weighted by molar-refractivity contribution is -0.123. The molecule has 3 rings (SSSR count). The van der Waals surface area contributed by atoms with Gasteiger partial charge in [0.15, 0.2) is 0 Å². The van der Waals surface area contributed by atoms with Crippen molar-refractivity contribution in [2.24, 2.45) is 0 Å². The van der Waals surface area contributed by atoms with E-state index in [0.29, 0.717) is 6.54 Å². The molecule has 0 saturated carbocycles. The van der Waals surface area contributed by atoms with Crippen molar-refractivity contribution in [1.82, 2.24) is 15.6 Å². The monoisotopic (exact) mass is 359 g/mol. The number of carbonyl (C=O) groups excluding carboxylic acids is 1. The first-order chi connectivity index (χ1) is 9.74. The van der Waals surface area contributed by atoms with Crippen molar-refractivity contribution in [3.8, 4) is 0 Å². The molecule has 1 unspecified atom stereocenters. The number of amides is 1. The molecule has 1 aromatic heterocycles. The van der Waals surface area contributed by atoms with Gasteiger partial charge in [-0.15, -0.1) is 36.2 Å². The topological polar surface area (TPSA) is 54.0 Å². The van der Waals surface area contributed by atoms with Gasteiger partial charge in [-0.1, -0.05) is 24.3 Å². The highest BCUT2D eigenvalue weighted by molar-refractivity contribution is 7.09. The number of hydrogen-bond donors (Lipinski definition) is 2. The Morgan fingerprint density at radius 2 is 2.09 bits per heavy atom. The molecule has 0 spiro atoms. The minimum Gasteiger partial charge on any atom is -0.350 e. The van der Waals surface area contributed by atoms with Gasteiger partial charge in [-0.2, -0.15) is 0 Å². The number of benzene rings is 1. The molecule has 2 heterocycles. The molecule has 1 amide bonds. The molecule has 1 aromatic carbocycles. The van der Waals surface area contributed by atoms with E-state index >= 15 is 0 Å². The maximum Gasteiger partial charge on any atom is 0.237 e. The third-order valence-corrected chi connectivity index (χ3v) is 4.60. The van der Waals surface area contributed by atoms with Crippen LogP contribution in [0.25, 0.3) is 0 Å². The van der Waals surface area contributed by atoms with E-state index < -0.39 is 0 Å². The van der Waals surface area contributed by atoms with Crippen LogP contribution < -0.4 is 10.6 Å². The SMILES string of the molecule is Cc1ncsc1CNC(=O)C1Cc2ccccc2CN1.Cl.Cl. The Bertz CT molecular complexity index is 633. The summed E-state index contributed by atoms with van der Waals surface area (Å²) in [6.45, 7) is 3.29. The summed E-state index contributed by atoms with van der Waals surface area (Å²) < 4.78 is 0. The van der Waals surface area contributed by atoms with E-state index in [1.54, 1.807) is 11.3 Å². The maximum atomic E-state index is 12.2. The smallest absolute Gasteiger partial charge is 0.237 e. The molecule has 0 bridgehead atoms. The van der Waals surface area contributed by atoms with Crippen LogP contribution in [-0.2, 0) is 24.3 Å². The van der Waals surface area contributed by atoms with E-state index in [9.17, 15) is 4.79 Å². The Balaban J connectivity index is 0.00000121. The lowest BCUT2D eigenvalue weighted by Gasteiger charge is -2.25. The number of nitrogens with zero attached hydrogens (tertiary/aromatic N) is 1. The van der Waals surface area contributed by atoms with Crippen molar-refractivity contribution in [2.45, 2.75) is 32.5 Å². The summed E-state index contributed by atoms with van der Waals surface area (Å²) in [5, 5.41) is 6.29. The molecule has 2 aromatic rings. The molecule has 1 aliphatic heterocycles. The lowest BCUT2D eigenvalue weighted by Crippen LogP contribution is -2.47. The Labute approximate surface area is 146 Å². The van der Waals surface area contributed by atoms with Gasteiger partial charge in [-0.3, -0.25) is 4.79 Å². The average Bonchev–Trinajstić information content (AvgIpc) is 2.89. The highest BCUT2D eigenvalue weighted by atomic mass is 35.5. The summed E-state index contributed by atoms with van der Waals surface area (Å²) in [6, 6.07) is 8.13. The van der Waals surface area contributed by atoms with Gasteiger partial charge in [0.25, 0.3) is 0 Å². The molecule has 1 aliphatic rings. The summed E-state index contributed by atoms with van der Waals surface area (Å²) in [7, 11) is 0. The predicted octanol–water partition coefficient (Wildman–Crippen LogP) is 2.63. The molecular weight excluding hydrogens is 341 g/mol. The summed E-state index contributed by atoms with van der Waals surface area (Å²) in [5.74, 6) is 0.0623. The minimum atomic E-state index is -0.141. The minimum absolute atomic E-state index is 0. The van der Waals surface area contributed by atoms with Gasteiger partial charge < -0.3 is 10.6 Å². The van der Waals surface area contributed by atoms with Gasteiger partial charge in [0.05, 0.1) is 23.8 Å². The largest absolute Gasteiger partial charge is 0.350 e. The molecule has 0 fully saturated rings. The summed E-state index contributed by atoms with van der Waals surface area (Å²) in [4.78, 5) is 17.5. The maximum absolute atomic E-state index is 12.2. The highest BCUT2D eigenvalue weighted by Crippen LogP contribution is 2.17. The quantitative estimate of drug-likeness (QED) is 0.885. The van der Waals surface area contributed by atoms with E-state index in [2.05, 4.69) is 27.8 Å². The Morgan fingerprint density at radius 3 is 2.77 bits per heavy atom. The number of nitrogens with one attached hydrogen (secondary N) is 2. The summed E-state index contributed by atoms with van der Waals surface area (Å²) in [5.41, 5.74) is 5.36. The van der Waals surface area contributed by atoms with Crippen LogP contribution >= 0.6 is 36.2 Å². The Kier molecular flexibility index (Phi) is 7.29. The van der Waals surface area contributed by atoms with Crippen LogP contribution in [0.15, 0.2) is 29.8 Å².